The van der Waals surface area contributed by atoms with Gasteiger partial charge in [-0.15, -0.1) is 0 Å². The van der Waals surface area contributed by atoms with Gasteiger partial charge in [-0.1, -0.05) is 24.3 Å². The molecule has 0 fully saturated rings. The monoisotopic (exact) mass is 390 g/mol. The van der Waals surface area contributed by atoms with Gasteiger partial charge < -0.3 is 9.30 Å². The molecule has 1 aromatic heterocycles. The lowest BCUT2D eigenvalue weighted by molar-refractivity contribution is 0.413. The summed E-state index contributed by atoms with van der Waals surface area (Å²) in [5.74, 6) is 0.526. The molecule has 2 aromatic carbocycles. The first-order chi connectivity index (χ1) is 13.6. The Hall–Kier alpha value is -3.12. The average Bonchev–Trinajstić information content (AvgIpc) is 2.88. The fraction of sp³-hybridized carbons (Fsp3) is 0.136. The number of para-hydroxylation sites is 1. The van der Waals surface area contributed by atoms with Crippen LogP contribution in [0.2, 0.25) is 0 Å². The minimum atomic E-state index is -3.62. The third-order valence-electron chi connectivity index (χ3n) is 5.34. The van der Waals surface area contributed by atoms with Gasteiger partial charge in [-0.2, -0.15) is 0 Å². The summed E-state index contributed by atoms with van der Waals surface area (Å²) in [6.07, 6.45) is 10.00. The highest BCUT2D eigenvalue weighted by molar-refractivity contribution is 7.91. The fourth-order valence-corrected chi connectivity index (χ4v) is 5.68. The normalized spacial score (nSPS) is 17.5. The molecule has 5 rings (SSSR count). The summed E-state index contributed by atoms with van der Waals surface area (Å²) in [5.41, 5.74) is 3.96. The molecule has 3 heterocycles. The van der Waals surface area contributed by atoms with Crippen molar-refractivity contribution in [2.24, 2.45) is 4.99 Å². The van der Waals surface area contributed by atoms with Crippen molar-refractivity contribution in [1.29, 1.82) is 0 Å². The van der Waals surface area contributed by atoms with E-state index in [4.69, 9.17) is 4.74 Å². The van der Waals surface area contributed by atoms with Crippen molar-refractivity contribution in [3.8, 4) is 5.75 Å². The number of benzene rings is 2. The van der Waals surface area contributed by atoms with Crippen molar-refractivity contribution in [2.75, 3.05) is 7.11 Å². The van der Waals surface area contributed by atoms with Gasteiger partial charge in [0.15, 0.2) is 9.84 Å². The maximum atomic E-state index is 13.5. The smallest absolute Gasteiger partial charge is 0.189 e. The zero-order valence-corrected chi connectivity index (χ0v) is 16.1. The molecule has 0 saturated carbocycles. The zero-order valence-electron chi connectivity index (χ0n) is 15.2. The lowest BCUT2D eigenvalue weighted by Crippen LogP contribution is -2.16. The second-order valence-corrected chi connectivity index (χ2v) is 8.88. The Balaban J connectivity index is 1.72. The number of ether oxygens (including phenoxy) is 1. The third kappa shape index (κ3) is 2.38. The Kier molecular flexibility index (Phi) is 3.77. The Morgan fingerprint density at radius 3 is 2.89 bits per heavy atom. The molecule has 3 aromatic rings. The maximum absolute atomic E-state index is 13.5. The van der Waals surface area contributed by atoms with Gasteiger partial charge in [0.25, 0.3) is 0 Å². The van der Waals surface area contributed by atoms with Crippen LogP contribution in [0.4, 0.5) is 0 Å². The molecule has 6 heteroatoms. The van der Waals surface area contributed by atoms with Crippen LogP contribution >= 0.6 is 0 Å². The summed E-state index contributed by atoms with van der Waals surface area (Å²) in [6.45, 7) is 0. The van der Waals surface area contributed by atoms with Gasteiger partial charge in [-0.25, -0.2) is 8.42 Å². The van der Waals surface area contributed by atoms with Crippen LogP contribution in [0.25, 0.3) is 23.2 Å². The molecule has 0 aliphatic carbocycles. The number of nitrogens with zero attached hydrogens (tertiary/aromatic N) is 2. The summed E-state index contributed by atoms with van der Waals surface area (Å²) in [7, 11) is -2.09. The van der Waals surface area contributed by atoms with E-state index in [0.717, 1.165) is 27.7 Å². The molecule has 0 spiro atoms. The highest BCUT2D eigenvalue weighted by Crippen LogP contribution is 2.41. The SMILES string of the molecule is COc1cccc(S(=O)(=O)C2C=Cn3c4c(c5cccc2c53)C=CN=CC4)c1. The van der Waals surface area contributed by atoms with E-state index in [9.17, 15) is 8.42 Å². The Morgan fingerprint density at radius 2 is 2.04 bits per heavy atom. The average molecular weight is 390 g/mol. The van der Waals surface area contributed by atoms with Gasteiger partial charge in [0, 0.05) is 41.7 Å². The first-order valence-corrected chi connectivity index (χ1v) is 10.6. The summed E-state index contributed by atoms with van der Waals surface area (Å²) in [6, 6.07) is 12.5. The van der Waals surface area contributed by atoms with Crippen molar-refractivity contribution in [1.82, 2.24) is 4.57 Å². The predicted octanol–water partition coefficient (Wildman–Crippen LogP) is 4.25. The summed E-state index contributed by atoms with van der Waals surface area (Å²) >= 11 is 0. The van der Waals surface area contributed by atoms with Crippen molar-refractivity contribution in [2.45, 2.75) is 16.6 Å². The number of fused-ring (bicyclic) bond motifs is 3. The van der Waals surface area contributed by atoms with Crippen LogP contribution in [0.1, 0.15) is 22.1 Å². The first-order valence-electron chi connectivity index (χ1n) is 9.01. The molecule has 0 amide bonds. The molecule has 2 aliphatic rings. The van der Waals surface area contributed by atoms with Crippen LogP contribution in [0.5, 0.6) is 5.75 Å². The largest absolute Gasteiger partial charge is 0.497 e. The molecule has 1 atom stereocenters. The van der Waals surface area contributed by atoms with E-state index in [1.165, 1.54) is 7.11 Å². The van der Waals surface area contributed by atoms with E-state index in [0.29, 0.717) is 12.2 Å². The summed E-state index contributed by atoms with van der Waals surface area (Å²) in [5, 5.41) is 0.302. The van der Waals surface area contributed by atoms with E-state index >= 15 is 0 Å². The van der Waals surface area contributed by atoms with Gasteiger partial charge in [0.2, 0.25) is 0 Å². The van der Waals surface area contributed by atoms with Crippen molar-refractivity contribution in [3.05, 3.63) is 71.6 Å². The van der Waals surface area contributed by atoms with Crippen molar-refractivity contribution < 1.29 is 13.2 Å². The van der Waals surface area contributed by atoms with E-state index < -0.39 is 15.1 Å². The molecule has 140 valence electrons. The minimum Gasteiger partial charge on any atom is -0.497 e. The fourth-order valence-electron chi connectivity index (χ4n) is 4.04. The van der Waals surface area contributed by atoms with E-state index in [-0.39, 0.29) is 4.90 Å². The number of hydrogen-bond acceptors (Lipinski definition) is 4. The van der Waals surface area contributed by atoms with Gasteiger partial charge in [-0.3, -0.25) is 4.99 Å². The van der Waals surface area contributed by atoms with Crippen molar-refractivity contribution >= 4 is 39.2 Å². The lowest BCUT2D eigenvalue weighted by Gasteiger charge is -2.21. The van der Waals surface area contributed by atoms with Crippen LogP contribution in [0.3, 0.4) is 0 Å². The molecule has 5 nitrogen and oxygen atoms in total. The van der Waals surface area contributed by atoms with Crippen LogP contribution in [0.15, 0.2) is 64.6 Å². The number of rotatable bonds is 3. The molecular formula is C22H18N2O3S. The van der Waals surface area contributed by atoms with E-state index in [1.807, 2.05) is 36.7 Å². The molecule has 28 heavy (non-hydrogen) atoms. The highest BCUT2D eigenvalue weighted by atomic mass is 32.2. The van der Waals surface area contributed by atoms with E-state index in [2.05, 4.69) is 9.56 Å². The Labute approximate surface area is 163 Å². The van der Waals surface area contributed by atoms with Crippen LogP contribution < -0.4 is 4.74 Å². The van der Waals surface area contributed by atoms with Crippen LogP contribution in [0, 0.1) is 0 Å². The van der Waals surface area contributed by atoms with Crippen molar-refractivity contribution in [3.63, 3.8) is 0 Å². The standard InChI is InChI=1S/C22H18N2O3S/c1-27-15-4-2-5-16(14-15)28(25,26)21-10-13-24-20-9-12-23-11-8-17(20)18-6-3-7-19(21)22(18)24/h2-8,10-14,21H,9H2,1H3. The Bertz CT molecular complexity index is 1300. The molecule has 0 N–H and O–H groups in total. The van der Waals surface area contributed by atoms with Gasteiger partial charge >= 0.3 is 0 Å². The van der Waals surface area contributed by atoms with Gasteiger partial charge in [0.1, 0.15) is 11.0 Å². The molecule has 0 bridgehead atoms. The number of methoxy groups -OCH3 is 1. The van der Waals surface area contributed by atoms with Gasteiger partial charge in [-0.05, 0) is 35.9 Å². The lowest BCUT2D eigenvalue weighted by atomic mass is 10.0. The second kappa shape index (κ2) is 6.21. The highest BCUT2D eigenvalue weighted by Gasteiger charge is 2.33. The van der Waals surface area contributed by atoms with Crippen LogP contribution in [-0.2, 0) is 16.3 Å². The predicted molar refractivity (Wildman–Crippen MR) is 111 cm³/mol. The number of aromatic nitrogens is 1. The second-order valence-electron chi connectivity index (χ2n) is 6.81. The van der Waals surface area contributed by atoms with Crippen LogP contribution in [-0.4, -0.2) is 26.3 Å². The first kappa shape index (κ1) is 17.0. The zero-order chi connectivity index (χ0) is 19.3. The molecular weight excluding hydrogens is 372 g/mol. The molecule has 0 saturated heterocycles. The summed E-state index contributed by atoms with van der Waals surface area (Å²) in [4.78, 5) is 4.50. The molecule has 2 aliphatic heterocycles. The Morgan fingerprint density at radius 1 is 1.18 bits per heavy atom. The maximum Gasteiger partial charge on any atom is 0.189 e. The summed E-state index contributed by atoms with van der Waals surface area (Å²) < 4.78 is 34.2. The van der Waals surface area contributed by atoms with Gasteiger partial charge in [0.05, 0.1) is 17.5 Å². The molecule has 0 radical (unpaired) electrons. The minimum absolute atomic E-state index is 0.257. The molecule has 1 unspecified atom stereocenters. The quantitative estimate of drug-likeness (QED) is 0.672. The third-order valence-corrected chi connectivity index (χ3v) is 7.33. The van der Waals surface area contributed by atoms with E-state index in [1.54, 1.807) is 36.5 Å². The number of hydrogen-bond donors (Lipinski definition) is 0. The number of aliphatic imine (C=N–C) groups is 1. The topological polar surface area (TPSA) is 60.7 Å². The number of sulfone groups is 1.